The first-order chi connectivity index (χ1) is 12.3. The van der Waals surface area contributed by atoms with Crippen LogP contribution >= 0.6 is 22.9 Å². The molecule has 0 unspecified atom stereocenters. The maximum absolute atomic E-state index is 12.4. The van der Waals surface area contributed by atoms with Crippen LogP contribution in [0.15, 0.2) is 64.2 Å². The predicted molar refractivity (Wildman–Crippen MR) is 106 cm³/mol. The quantitative estimate of drug-likeness (QED) is 0.641. The van der Waals surface area contributed by atoms with Gasteiger partial charge in [-0.3, -0.25) is 9.52 Å². The number of carbonyl (C=O) groups is 1. The van der Waals surface area contributed by atoms with Gasteiger partial charge in [0.15, 0.2) is 0 Å². The Morgan fingerprint density at radius 2 is 1.81 bits per heavy atom. The minimum absolute atomic E-state index is 0.232. The lowest BCUT2D eigenvalue weighted by atomic mass is 10.1. The standard InChI is InChI=1S/C18H15ClN2O3S2/c1-12-4-7-14(19)11-16(12)20-18(22)13-5-8-15(9-6-13)21-26(23,24)17-3-2-10-25-17/h2-11,21H,1H3,(H,20,22). The molecule has 1 amide bonds. The van der Waals surface area contributed by atoms with Crippen molar-refractivity contribution in [2.45, 2.75) is 11.1 Å². The molecule has 0 fully saturated rings. The van der Waals surface area contributed by atoms with Crippen molar-refractivity contribution in [1.29, 1.82) is 0 Å². The fourth-order valence-electron chi connectivity index (χ4n) is 2.23. The second kappa shape index (κ2) is 7.49. The molecule has 5 nitrogen and oxygen atoms in total. The number of carbonyl (C=O) groups excluding carboxylic acids is 1. The van der Waals surface area contributed by atoms with E-state index in [0.717, 1.165) is 16.9 Å². The number of benzene rings is 2. The van der Waals surface area contributed by atoms with Crippen LogP contribution in [0.3, 0.4) is 0 Å². The number of halogens is 1. The molecule has 3 rings (SSSR count). The molecule has 3 aromatic rings. The maximum atomic E-state index is 12.4. The fraction of sp³-hybridized carbons (Fsp3) is 0.0556. The predicted octanol–water partition coefficient (Wildman–Crippen LogP) is 4.76. The second-order valence-corrected chi connectivity index (χ2v) is 8.82. The zero-order valence-electron chi connectivity index (χ0n) is 13.7. The number of nitrogens with one attached hydrogen (secondary N) is 2. The van der Waals surface area contributed by atoms with Crippen molar-refractivity contribution < 1.29 is 13.2 Å². The lowest BCUT2D eigenvalue weighted by Crippen LogP contribution is -2.14. The van der Waals surface area contributed by atoms with Gasteiger partial charge in [-0.25, -0.2) is 8.42 Å². The normalized spacial score (nSPS) is 11.2. The molecule has 1 aromatic heterocycles. The van der Waals surface area contributed by atoms with E-state index in [1.165, 1.54) is 6.07 Å². The van der Waals surface area contributed by atoms with Gasteiger partial charge in [0.05, 0.1) is 0 Å². The third kappa shape index (κ3) is 4.24. The van der Waals surface area contributed by atoms with E-state index in [-0.39, 0.29) is 10.1 Å². The third-order valence-electron chi connectivity index (χ3n) is 3.61. The van der Waals surface area contributed by atoms with Gasteiger partial charge >= 0.3 is 0 Å². The van der Waals surface area contributed by atoms with Crippen LogP contribution in [-0.4, -0.2) is 14.3 Å². The summed E-state index contributed by atoms with van der Waals surface area (Å²) >= 11 is 7.09. The van der Waals surface area contributed by atoms with Crippen LogP contribution in [0.5, 0.6) is 0 Å². The Labute approximate surface area is 160 Å². The van der Waals surface area contributed by atoms with Crippen molar-refractivity contribution in [2.75, 3.05) is 10.0 Å². The van der Waals surface area contributed by atoms with Crippen molar-refractivity contribution in [1.82, 2.24) is 0 Å². The van der Waals surface area contributed by atoms with Gasteiger partial charge in [-0.05, 0) is 60.3 Å². The van der Waals surface area contributed by atoms with Crippen LogP contribution in [0.25, 0.3) is 0 Å². The topological polar surface area (TPSA) is 75.3 Å². The summed E-state index contributed by atoms with van der Waals surface area (Å²) in [6.45, 7) is 1.87. The Bertz CT molecular complexity index is 1030. The van der Waals surface area contributed by atoms with Gasteiger partial charge in [-0.2, -0.15) is 0 Å². The average molecular weight is 407 g/mol. The summed E-state index contributed by atoms with van der Waals surface area (Å²) in [7, 11) is -3.61. The monoisotopic (exact) mass is 406 g/mol. The Kier molecular flexibility index (Phi) is 5.31. The number of sulfonamides is 1. The molecule has 2 N–H and O–H groups in total. The molecule has 134 valence electrons. The molecule has 0 radical (unpaired) electrons. The van der Waals surface area contributed by atoms with Crippen molar-refractivity contribution in [3.63, 3.8) is 0 Å². The second-order valence-electron chi connectivity index (χ2n) is 5.53. The van der Waals surface area contributed by atoms with Crippen LogP contribution in [-0.2, 0) is 10.0 Å². The SMILES string of the molecule is Cc1ccc(Cl)cc1NC(=O)c1ccc(NS(=O)(=O)c2cccs2)cc1. The Morgan fingerprint density at radius 1 is 1.08 bits per heavy atom. The third-order valence-corrected chi connectivity index (χ3v) is 6.62. The Balaban J connectivity index is 1.73. The van der Waals surface area contributed by atoms with Crippen molar-refractivity contribution in [3.8, 4) is 0 Å². The molecular formula is C18H15ClN2O3S2. The zero-order valence-corrected chi connectivity index (χ0v) is 16.1. The molecule has 0 saturated heterocycles. The summed E-state index contributed by atoms with van der Waals surface area (Å²) in [5.41, 5.74) is 2.31. The van der Waals surface area contributed by atoms with Gasteiger partial charge < -0.3 is 5.32 Å². The Hall–Kier alpha value is -2.35. The lowest BCUT2D eigenvalue weighted by molar-refractivity contribution is 0.102. The summed E-state index contributed by atoms with van der Waals surface area (Å²) in [5, 5.41) is 5.02. The number of hydrogen-bond donors (Lipinski definition) is 2. The van der Waals surface area contributed by atoms with Gasteiger partial charge in [-0.1, -0.05) is 23.7 Å². The van der Waals surface area contributed by atoms with Crippen molar-refractivity contribution in [3.05, 3.63) is 76.1 Å². The molecule has 0 saturated carbocycles. The molecule has 0 bridgehead atoms. The number of anilines is 2. The molecule has 26 heavy (non-hydrogen) atoms. The fourth-order valence-corrected chi connectivity index (χ4v) is 4.46. The highest BCUT2D eigenvalue weighted by atomic mass is 35.5. The molecular weight excluding hydrogens is 392 g/mol. The van der Waals surface area contributed by atoms with E-state index in [1.807, 2.05) is 13.0 Å². The summed E-state index contributed by atoms with van der Waals surface area (Å²) in [6, 6.07) is 14.7. The highest BCUT2D eigenvalue weighted by Crippen LogP contribution is 2.22. The smallest absolute Gasteiger partial charge is 0.271 e. The summed E-state index contributed by atoms with van der Waals surface area (Å²) in [5.74, 6) is -0.303. The number of hydrogen-bond acceptors (Lipinski definition) is 4. The Morgan fingerprint density at radius 3 is 2.46 bits per heavy atom. The van der Waals surface area contributed by atoms with Crippen LogP contribution in [0.2, 0.25) is 5.02 Å². The highest BCUT2D eigenvalue weighted by molar-refractivity contribution is 7.94. The van der Waals surface area contributed by atoms with E-state index < -0.39 is 10.0 Å². The molecule has 0 spiro atoms. The summed E-state index contributed by atoms with van der Waals surface area (Å²) in [4.78, 5) is 12.4. The summed E-state index contributed by atoms with van der Waals surface area (Å²) in [6.07, 6.45) is 0. The molecule has 8 heteroatoms. The molecule has 1 heterocycles. The van der Waals surface area contributed by atoms with Crippen LogP contribution in [0, 0.1) is 6.92 Å². The molecule has 0 aliphatic carbocycles. The van der Waals surface area contributed by atoms with E-state index in [9.17, 15) is 13.2 Å². The first kappa shape index (κ1) is 18.4. The number of aryl methyl sites for hydroxylation is 1. The van der Waals surface area contributed by atoms with Crippen LogP contribution < -0.4 is 10.0 Å². The van der Waals surface area contributed by atoms with Gasteiger partial charge in [0.2, 0.25) is 0 Å². The summed E-state index contributed by atoms with van der Waals surface area (Å²) < 4.78 is 27.1. The molecule has 0 atom stereocenters. The minimum atomic E-state index is -3.61. The van der Waals surface area contributed by atoms with Crippen molar-refractivity contribution in [2.24, 2.45) is 0 Å². The van der Waals surface area contributed by atoms with E-state index in [1.54, 1.807) is 47.8 Å². The van der Waals surface area contributed by atoms with Gasteiger partial charge in [-0.15, -0.1) is 11.3 Å². The first-order valence-corrected chi connectivity index (χ1v) is 10.3. The van der Waals surface area contributed by atoms with Gasteiger partial charge in [0, 0.05) is 22.0 Å². The van der Waals surface area contributed by atoms with Crippen LogP contribution in [0.4, 0.5) is 11.4 Å². The number of rotatable bonds is 5. The lowest BCUT2D eigenvalue weighted by Gasteiger charge is -2.10. The number of amides is 1. The van der Waals surface area contributed by atoms with E-state index in [2.05, 4.69) is 10.0 Å². The first-order valence-electron chi connectivity index (χ1n) is 7.59. The zero-order chi connectivity index (χ0) is 18.7. The molecule has 0 aliphatic rings. The largest absolute Gasteiger partial charge is 0.322 e. The van der Waals surface area contributed by atoms with Gasteiger partial charge in [0.1, 0.15) is 4.21 Å². The van der Waals surface area contributed by atoms with Gasteiger partial charge in [0.25, 0.3) is 15.9 Å². The van der Waals surface area contributed by atoms with E-state index in [4.69, 9.17) is 11.6 Å². The maximum Gasteiger partial charge on any atom is 0.271 e. The van der Waals surface area contributed by atoms with Crippen molar-refractivity contribution >= 4 is 50.2 Å². The highest BCUT2D eigenvalue weighted by Gasteiger charge is 2.15. The average Bonchev–Trinajstić information content (AvgIpc) is 3.14. The molecule has 2 aromatic carbocycles. The minimum Gasteiger partial charge on any atom is -0.322 e. The van der Waals surface area contributed by atoms with E-state index in [0.29, 0.717) is 22.0 Å². The molecule has 0 aliphatic heterocycles. The van der Waals surface area contributed by atoms with E-state index >= 15 is 0 Å². The number of thiophene rings is 1. The van der Waals surface area contributed by atoms with Crippen LogP contribution in [0.1, 0.15) is 15.9 Å².